The Morgan fingerprint density at radius 2 is 1.80 bits per heavy atom. The summed E-state index contributed by atoms with van der Waals surface area (Å²) in [5, 5.41) is 3.25. The SMILES string of the molecule is CCC1CCC(NC(=O)C2(C)CCCC2)(C(N)=S)CC1. The van der Waals surface area contributed by atoms with Gasteiger partial charge >= 0.3 is 0 Å². The lowest BCUT2D eigenvalue weighted by Gasteiger charge is -2.41. The van der Waals surface area contributed by atoms with Gasteiger partial charge in [-0.15, -0.1) is 0 Å². The van der Waals surface area contributed by atoms with Crippen LogP contribution in [0.15, 0.2) is 0 Å². The van der Waals surface area contributed by atoms with Gasteiger partial charge in [0.2, 0.25) is 5.91 Å². The van der Waals surface area contributed by atoms with Crippen LogP contribution in [0.3, 0.4) is 0 Å². The second-order valence-electron chi connectivity index (χ2n) is 7.02. The number of carbonyl (C=O) groups excluding carboxylic acids is 1. The maximum absolute atomic E-state index is 12.7. The molecule has 0 spiro atoms. The molecule has 2 saturated carbocycles. The molecule has 2 rings (SSSR count). The van der Waals surface area contributed by atoms with Gasteiger partial charge in [0, 0.05) is 5.41 Å². The molecule has 0 heterocycles. The first-order chi connectivity index (χ1) is 9.42. The van der Waals surface area contributed by atoms with Crippen LogP contribution in [0.1, 0.15) is 71.6 Å². The highest BCUT2D eigenvalue weighted by Crippen LogP contribution is 2.40. The van der Waals surface area contributed by atoms with E-state index in [1.54, 1.807) is 0 Å². The van der Waals surface area contributed by atoms with Gasteiger partial charge in [-0.05, 0) is 44.4 Å². The van der Waals surface area contributed by atoms with Crippen molar-refractivity contribution in [1.29, 1.82) is 0 Å². The monoisotopic (exact) mass is 296 g/mol. The third-order valence-electron chi connectivity index (χ3n) is 5.62. The Morgan fingerprint density at radius 3 is 2.25 bits per heavy atom. The molecule has 3 N–H and O–H groups in total. The molecule has 2 fully saturated rings. The van der Waals surface area contributed by atoms with E-state index in [2.05, 4.69) is 19.2 Å². The van der Waals surface area contributed by atoms with Crippen molar-refractivity contribution in [3.63, 3.8) is 0 Å². The molecule has 0 aromatic rings. The minimum Gasteiger partial charge on any atom is -0.391 e. The van der Waals surface area contributed by atoms with Crippen LogP contribution in [0.5, 0.6) is 0 Å². The van der Waals surface area contributed by atoms with E-state index >= 15 is 0 Å². The fourth-order valence-electron chi connectivity index (χ4n) is 3.76. The third-order valence-corrected chi connectivity index (χ3v) is 6.01. The maximum atomic E-state index is 12.7. The molecule has 0 aromatic carbocycles. The number of nitrogens with two attached hydrogens (primary N) is 1. The molecule has 0 atom stereocenters. The van der Waals surface area contributed by atoms with E-state index in [1.807, 2.05) is 0 Å². The highest BCUT2D eigenvalue weighted by molar-refractivity contribution is 7.80. The molecule has 0 radical (unpaired) electrons. The molecule has 114 valence electrons. The molecule has 0 aromatic heterocycles. The summed E-state index contributed by atoms with van der Waals surface area (Å²) in [7, 11) is 0. The largest absolute Gasteiger partial charge is 0.391 e. The molecule has 0 unspecified atom stereocenters. The Balaban J connectivity index is 2.06. The van der Waals surface area contributed by atoms with Crippen molar-refractivity contribution in [1.82, 2.24) is 5.32 Å². The van der Waals surface area contributed by atoms with E-state index in [1.165, 1.54) is 6.42 Å². The van der Waals surface area contributed by atoms with Gasteiger partial charge in [0.15, 0.2) is 0 Å². The first-order valence-corrected chi connectivity index (χ1v) is 8.45. The van der Waals surface area contributed by atoms with E-state index in [0.29, 0.717) is 4.99 Å². The molecule has 0 bridgehead atoms. The van der Waals surface area contributed by atoms with E-state index in [0.717, 1.165) is 57.3 Å². The summed E-state index contributed by atoms with van der Waals surface area (Å²) in [5.41, 5.74) is 5.36. The van der Waals surface area contributed by atoms with E-state index in [-0.39, 0.29) is 11.3 Å². The van der Waals surface area contributed by atoms with Crippen molar-refractivity contribution in [2.24, 2.45) is 17.1 Å². The number of hydrogen-bond donors (Lipinski definition) is 2. The number of hydrogen-bond acceptors (Lipinski definition) is 2. The first-order valence-electron chi connectivity index (χ1n) is 8.04. The van der Waals surface area contributed by atoms with Crippen LogP contribution in [0.4, 0.5) is 0 Å². The summed E-state index contributed by atoms with van der Waals surface area (Å²) in [5.74, 6) is 0.925. The van der Waals surface area contributed by atoms with Gasteiger partial charge in [-0.25, -0.2) is 0 Å². The molecule has 3 nitrogen and oxygen atoms in total. The van der Waals surface area contributed by atoms with Gasteiger partial charge < -0.3 is 11.1 Å². The highest BCUT2D eigenvalue weighted by atomic mass is 32.1. The van der Waals surface area contributed by atoms with Crippen LogP contribution < -0.4 is 11.1 Å². The summed E-state index contributed by atoms with van der Waals surface area (Å²) in [6.07, 6.45) is 9.54. The summed E-state index contributed by atoms with van der Waals surface area (Å²) < 4.78 is 0. The number of carbonyl (C=O) groups is 1. The van der Waals surface area contributed by atoms with Crippen molar-refractivity contribution in [2.75, 3.05) is 0 Å². The van der Waals surface area contributed by atoms with Crippen LogP contribution >= 0.6 is 12.2 Å². The minimum atomic E-state index is -0.427. The Hall–Kier alpha value is -0.640. The fraction of sp³-hybridized carbons (Fsp3) is 0.875. The number of rotatable bonds is 4. The highest BCUT2D eigenvalue weighted by Gasteiger charge is 2.44. The van der Waals surface area contributed by atoms with Crippen LogP contribution in [-0.2, 0) is 4.79 Å². The molecular formula is C16H28N2OS. The predicted octanol–water partition coefficient (Wildman–Crippen LogP) is 3.31. The topological polar surface area (TPSA) is 55.1 Å². The summed E-state index contributed by atoms with van der Waals surface area (Å²) >= 11 is 5.30. The van der Waals surface area contributed by atoms with Gasteiger partial charge in [0.25, 0.3) is 0 Å². The standard InChI is InChI=1S/C16H28N2OS/c1-3-12-6-10-16(11-7-12,13(17)20)18-14(19)15(2)8-4-5-9-15/h12H,3-11H2,1-2H3,(H2,17,20)(H,18,19). The van der Waals surface area contributed by atoms with E-state index in [4.69, 9.17) is 18.0 Å². The normalized spacial score (nSPS) is 32.8. The lowest BCUT2D eigenvalue weighted by atomic mass is 9.74. The van der Waals surface area contributed by atoms with Gasteiger partial charge in [0.05, 0.1) is 10.5 Å². The molecule has 20 heavy (non-hydrogen) atoms. The Labute approximate surface area is 128 Å². The summed E-state index contributed by atoms with van der Waals surface area (Å²) in [4.78, 5) is 13.1. The van der Waals surface area contributed by atoms with Crippen molar-refractivity contribution in [3.8, 4) is 0 Å². The van der Waals surface area contributed by atoms with Crippen molar-refractivity contribution >= 4 is 23.1 Å². The van der Waals surface area contributed by atoms with Gasteiger partial charge in [-0.1, -0.05) is 45.3 Å². The molecule has 4 heteroatoms. The summed E-state index contributed by atoms with van der Waals surface area (Å²) in [6.45, 7) is 4.32. The Morgan fingerprint density at radius 1 is 1.25 bits per heavy atom. The number of nitrogens with one attached hydrogen (secondary N) is 1. The Bertz CT molecular complexity index is 380. The van der Waals surface area contributed by atoms with Crippen molar-refractivity contribution in [2.45, 2.75) is 77.2 Å². The van der Waals surface area contributed by atoms with E-state index in [9.17, 15) is 4.79 Å². The molecule has 2 aliphatic carbocycles. The zero-order valence-corrected chi connectivity index (χ0v) is 13.7. The zero-order valence-electron chi connectivity index (χ0n) is 12.8. The van der Waals surface area contributed by atoms with Gasteiger partial charge in [-0.3, -0.25) is 4.79 Å². The second-order valence-corrected chi connectivity index (χ2v) is 7.46. The van der Waals surface area contributed by atoms with Crippen LogP contribution in [0.25, 0.3) is 0 Å². The fourth-order valence-corrected chi connectivity index (χ4v) is 4.02. The van der Waals surface area contributed by atoms with Crippen LogP contribution in [-0.4, -0.2) is 16.4 Å². The lowest BCUT2D eigenvalue weighted by Crippen LogP contribution is -2.60. The smallest absolute Gasteiger partial charge is 0.226 e. The van der Waals surface area contributed by atoms with Crippen molar-refractivity contribution < 1.29 is 4.79 Å². The molecule has 2 aliphatic rings. The zero-order chi connectivity index (χ0) is 14.8. The second kappa shape index (κ2) is 6.00. The van der Waals surface area contributed by atoms with Gasteiger partial charge in [-0.2, -0.15) is 0 Å². The van der Waals surface area contributed by atoms with Crippen LogP contribution in [0.2, 0.25) is 0 Å². The predicted molar refractivity (Wildman–Crippen MR) is 86.5 cm³/mol. The summed E-state index contributed by atoms with van der Waals surface area (Å²) in [6, 6.07) is 0. The molecular weight excluding hydrogens is 268 g/mol. The quantitative estimate of drug-likeness (QED) is 0.783. The van der Waals surface area contributed by atoms with Gasteiger partial charge in [0.1, 0.15) is 0 Å². The lowest BCUT2D eigenvalue weighted by molar-refractivity contribution is -0.131. The maximum Gasteiger partial charge on any atom is 0.226 e. The van der Waals surface area contributed by atoms with E-state index < -0.39 is 5.54 Å². The Kier molecular flexibility index (Phi) is 4.73. The third kappa shape index (κ3) is 3.00. The average Bonchev–Trinajstić information content (AvgIpc) is 2.87. The number of thiocarbonyl (C=S) groups is 1. The van der Waals surface area contributed by atoms with Crippen LogP contribution in [0, 0.1) is 11.3 Å². The molecule has 1 amide bonds. The molecule has 0 saturated heterocycles. The molecule has 0 aliphatic heterocycles. The average molecular weight is 296 g/mol. The first kappa shape index (κ1) is 15.7. The number of amides is 1. The van der Waals surface area contributed by atoms with Crippen molar-refractivity contribution in [3.05, 3.63) is 0 Å². The minimum absolute atomic E-state index is 0.165.